The molecular formula is C28H32ClNO4S. The van der Waals surface area contributed by atoms with Crippen molar-refractivity contribution in [3.8, 4) is 0 Å². The molecule has 0 spiro atoms. The van der Waals surface area contributed by atoms with Gasteiger partial charge in [0.2, 0.25) is 10.0 Å². The Kier molecular flexibility index (Phi) is 8.10. The molecule has 0 radical (unpaired) electrons. The Morgan fingerprint density at radius 2 is 1.57 bits per heavy atom. The summed E-state index contributed by atoms with van der Waals surface area (Å²) in [5.74, 6) is -0.670. The third-order valence-corrected chi connectivity index (χ3v) is 8.15. The van der Waals surface area contributed by atoms with E-state index in [0.29, 0.717) is 0 Å². The number of rotatable bonds is 7. The Morgan fingerprint density at radius 1 is 0.971 bits per heavy atom. The van der Waals surface area contributed by atoms with E-state index in [9.17, 15) is 13.2 Å². The lowest BCUT2D eigenvalue weighted by atomic mass is 9.84. The molecule has 0 N–H and O–H groups in total. The Hall–Kier alpha value is -2.67. The predicted molar refractivity (Wildman–Crippen MR) is 140 cm³/mol. The van der Waals surface area contributed by atoms with Crippen molar-refractivity contribution in [2.45, 2.75) is 58.1 Å². The van der Waals surface area contributed by atoms with Gasteiger partial charge in [-0.1, -0.05) is 74.8 Å². The molecule has 5 nitrogen and oxygen atoms in total. The van der Waals surface area contributed by atoms with Crippen LogP contribution in [-0.2, 0) is 33.3 Å². The average Bonchev–Trinajstić information content (AvgIpc) is 2.78. The van der Waals surface area contributed by atoms with Gasteiger partial charge < -0.3 is 4.74 Å². The number of esters is 1. The van der Waals surface area contributed by atoms with Gasteiger partial charge >= 0.3 is 5.97 Å². The lowest BCUT2D eigenvalue weighted by molar-refractivity contribution is 0.0471. The highest BCUT2D eigenvalue weighted by Gasteiger charge is 2.24. The van der Waals surface area contributed by atoms with Gasteiger partial charge in [-0.3, -0.25) is 0 Å². The molecule has 0 atom stereocenters. The molecule has 0 aliphatic rings. The fourth-order valence-electron chi connectivity index (χ4n) is 3.80. The van der Waals surface area contributed by atoms with Crippen LogP contribution >= 0.6 is 11.6 Å². The number of ether oxygens (including phenoxy) is 1. The summed E-state index contributed by atoms with van der Waals surface area (Å²) in [7, 11) is -2.34. The van der Waals surface area contributed by atoms with Crippen molar-refractivity contribution in [1.82, 2.24) is 4.31 Å². The van der Waals surface area contributed by atoms with Crippen molar-refractivity contribution in [1.29, 1.82) is 0 Å². The highest BCUT2D eigenvalue weighted by molar-refractivity contribution is 7.89. The van der Waals surface area contributed by atoms with Gasteiger partial charge in [-0.15, -0.1) is 0 Å². The van der Waals surface area contributed by atoms with Crippen LogP contribution in [0.4, 0.5) is 0 Å². The first-order valence-electron chi connectivity index (χ1n) is 11.4. The van der Waals surface area contributed by atoms with Crippen molar-refractivity contribution in [3.05, 3.63) is 99.1 Å². The number of hydrogen-bond acceptors (Lipinski definition) is 4. The highest BCUT2D eigenvalue weighted by atomic mass is 35.5. The smallest absolute Gasteiger partial charge is 0.340 e. The van der Waals surface area contributed by atoms with E-state index in [0.717, 1.165) is 22.3 Å². The molecule has 0 aromatic heterocycles. The molecule has 0 heterocycles. The van der Waals surface area contributed by atoms with E-state index in [1.165, 1.54) is 35.1 Å². The van der Waals surface area contributed by atoms with E-state index in [1.807, 2.05) is 44.2 Å². The average molecular weight is 514 g/mol. The van der Waals surface area contributed by atoms with Crippen LogP contribution in [-0.4, -0.2) is 25.7 Å². The summed E-state index contributed by atoms with van der Waals surface area (Å²) < 4.78 is 33.1. The number of carbonyl (C=O) groups is 1. The Balaban J connectivity index is 1.80. The Morgan fingerprint density at radius 3 is 2.14 bits per heavy atom. The molecule has 0 unspecified atom stereocenters. The number of carbonyl (C=O) groups excluding carboxylic acids is 1. The molecule has 35 heavy (non-hydrogen) atoms. The van der Waals surface area contributed by atoms with Crippen molar-refractivity contribution < 1.29 is 17.9 Å². The summed E-state index contributed by atoms with van der Waals surface area (Å²) in [6.45, 7) is 10.7. The second kappa shape index (κ2) is 10.5. The van der Waals surface area contributed by atoms with Crippen LogP contribution in [0.1, 0.15) is 58.9 Å². The SMILES string of the molecule is Cc1cc(C(C)(C)C)cc(C)c1COC(=O)c1cc(S(=O)(=O)N(C)Cc2ccccc2)ccc1Cl. The van der Waals surface area contributed by atoms with E-state index in [4.69, 9.17) is 16.3 Å². The Labute approximate surface area is 213 Å². The number of sulfonamides is 1. The van der Waals surface area contributed by atoms with Crippen LogP contribution in [0.25, 0.3) is 0 Å². The van der Waals surface area contributed by atoms with Gasteiger partial charge in [0.15, 0.2) is 0 Å². The highest BCUT2D eigenvalue weighted by Crippen LogP contribution is 2.28. The monoisotopic (exact) mass is 513 g/mol. The van der Waals surface area contributed by atoms with E-state index in [2.05, 4.69) is 32.9 Å². The number of halogens is 1. The van der Waals surface area contributed by atoms with Gasteiger partial charge in [0.25, 0.3) is 0 Å². The number of hydrogen-bond donors (Lipinski definition) is 0. The lowest BCUT2D eigenvalue weighted by Gasteiger charge is -2.22. The van der Waals surface area contributed by atoms with Gasteiger partial charge in [-0.2, -0.15) is 4.31 Å². The van der Waals surface area contributed by atoms with Gasteiger partial charge in [-0.25, -0.2) is 13.2 Å². The van der Waals surface area contributed by atoms with Crippen molar-refractivity contribution >= 4 is 27.6 Å². The van der Waals surface area contributed by atoms with Gasteiger partial charge in [0.1, 0.15) is 6.61 Å². The van der Waals surface area contributed by atoms with Crippen molar-refractivity contribution in [2.24, 2.45) is 0 Å². The largest absolute Gasteiger partial charge is 0.457 e. The maximum absolute atomic E-state index is 13.1. The molecule has 3 aromatic rings. The molecule has 0 fully saturated rings. The Bertz CT molecular complexity index is 1310. The van der Waals surface area contributed by atoms with E-state index in [-0.39, 0.29) is 34.0 Å². The zero-order chi connectivity index (χ0) is 26.0. The normalized spacial score (nSPS) is 12.1. The molecule has 3 aromatic carbocycles. The second-order valence-electron chi connectivity index (χ2n) is 9.80. The van der Waals surface area contributed by atoms with Gasteiger partial charge in [-0.05, 0) is 65.3 Å². The standard InChI is InChI=1S/C28H32ClNO4S/c1-19-14-22(28(3,4)5)15-20(2)25(19)18-34-27(31)24-16-23(12-13-26(24)29)35(32,33)30(6)17-21-10-8-7-9-11-21/h7-16H,17-18H2,1-6H3. The van der Waals surface area contributed by atoms with E-state index < -0.39 is 16.0 Å². The molecule has 186 valence electrons. The summed E-state index contributed by atoms with van der Waals surface area (Å²) in [4.78, 5) is 12.9. The fraction of sp³-hybridized carbons (Fsp3) is 0.321. The topological polar surface area (TPSA) is 63.7 Å². The lowest BCUT2D eigenvalue weighted by Crippen LogP contribution is -2.26. The maximum atomic E-state index is 13.1. The molecule has 0 saturated heterocycles. The molecule has 0 aliphatic heterocycles. The first-order chi connectivity index (χ1) is 16.3. The van der Waals surface area contributed by atoms with Crippen molar-refractivity contribution in [3.63, 3.8) is 0 Å². The molecular weight excluding hydrogens is 482 g/mol. The van der Waals surface area contributed by atoms with Crippen molar-refractivity contribution in [2.75, 3.05) is 7.05 Å². The third-order valence-electron chi connectivity index (χ3n) is 6.02. The molecule has 0 amide bonds. The zero-order valence-corrected chi connectivity index (χ0v) is 22.6. The maximum Gasteiger partial charge on any atom is 0.340 e. The zero-order valence-electron chi connectivity index (χ0n) is 21.1. The summed E-state index contributed by atoms with van der Waals surface area (Å²) in [6, 6.07) is 17.6. The summed E-state index contributed by atoms with van der Waals surface area (Å²) in [5, 5.41) is 0.135. The molecule has 0 bridgehead atoms. The predicted octanol–water partition coefficient (Wildman–Crippen LogP) is 6.43. The minimum Gasteiger partial charge on any atom is -0.457 e. The van der Waals surface area contributed by atoms with Crippen LogP contribution in [0.15, 0.2) is 65.6 Å². The van der Waals surface area contributed by atoms with Gasteiger partial charge in [0, 0.05) is 13.6 Å². The summed E-state index contributed by atoms with van der Waals surface area (Å²) in [5.41, 5.74) is 5.09. The molecule has 7 heteroatoms. The van der Waals surface area contributed by atoms with Crippen LogP contribution < -0.4 is 0 Å². The third kappa shape index (κ3) is 6.31. The van der Waals surface area contributed by atoms with Crippen LogP contribution in [0.3, 0.4) is 0 Å². The minimum atomic E-state index is -3.84. The van der Waals surface area contributed by atoms with E-state index >= 15 is 0 Å². The second-order valence-corrected chi connectivity index (χ2v) is 12.3. The van der Waals surface area contributed by atoms with E-state index in [1.54, 1.807) is 0 Å². The molecule has 3 rings (SSSR count). The van der Waals surface area contributed by atoms with Crippen LogP contribution in [0.5, 0.6) is 0 Å². The minimum absolute atomic E-state index is 0.0118. The molecule has 0 saturated carbocycles. The van der Waals surface area contributed by atoms with Crippen LogP contribution in [0, 0.1) is 13.8 Å². The quantitative estimate of drug-likeness (QED) is 0.341. The number of nitrogens with zero attached hydrogens (tertiary/aromatic N) is 1. The first-order valence-corrected chi connectivity index (χ1v) is 13.2. The number of aryl methyl sites for hydroxylation is 2. The van der Waals surface area contributed by atoms with Gasteiger partial charge in [0.05, 0.1) is 15.5 Å². The molecule has 0 aliphatic carbocycles. The summed E-state index contributed by atoms with van der Waals surface area (Å²) >= 11 is 6.26. The first kappa shape index (κ1) is 26.9. The summed E-state index contributed by atoms with van der Waals surface area (Å²) in [6.07, 6.45) is 0. The number of benzene rings is 3. The van der Waals surface area contributed by atoms with Crippen LogP contribution in [0.2, 0.25) is 5.02 Å². The fourth-order valence-corrected chi connectivity index (χ4v) is 5.18.